The molecule has 0 amide bonds. The Kier molecular flexibility index (Phi) is 5.79. The van der Waals surface area contributed by atoms with Crippen molar-refractivity contribution in [3.8, 4) is 11.5 Å². The minimum Gasteiger partial charge on any atom is -0.386 e. The lowest BCUT2D eigenvalue weighted by atomic mass is 10.1. The highest BCUT2D eigenvalue weighted by atomic mass is 19.4. The normalized spacial score (nSPS) is 12.4. The third kappa shape index (κ3) is 5.80. The second-order valence-corrected chi connectivity index (χ2v) is 7.04. The van der Waals surface area contributed by atoms with E-state index in [4.69, 9.17) is 0 Å². The van der Waals surface area contributed by atoms with Crippen LogP contribution in [0, 0.1) is 6.92 Å². The summed E-state index contributed by atoms with van der Waals surface area (Å²) in [6.07, 6.45) is -0.536. The first kappa shape index (κ1) is 21.3. The summed E-state index contributed by atoms with van der Waals surface area (Å²) >= 11 is 0. The Labute approximate surface area is 170 Å². The monoisotopic (exact) mass is 416 g/mol. The van der Waals surface area contributed by atoms with Crippen molar-refractivity contribution in [1.82, 2.24) is 24.9 Å². The molecule has 0 unspecified atom stereocenters. The van der Waals surface area contributed by atoms with Gasteiger partial charge in [-0.05, 0) is 57.2 Å². The largest absolute Gasteiger partial charge is 0.433 e. The average Bonchev–Trinajstić information content (AvgIpc) is 2.65. The van der Waals surface area contributed by atoms with Gasteiger partial charge in [0.15, 0.2) is 11.6 Å². The molecule has 0 saturated heterocycles. The van der Waals surface area contributed by atoms with Crippen molar-refractivity contribution in [1.29, 1.82) is 0 Å². The summed E-state index contributed by atoms with van der Waals surface area (Å²) in [5.41, 5.74) is -0.799. The molecule has 3 aromatic heterocycles. The van der Waals surface area contributed by atoms with E-state index in [1.165, 1.54) is 18.2 Å². The van der Waals surface area contributed by atoms with Gasteiger partial charge in [-0.3, -0.25) is 4.98 Å². The number of halogens is 3. The maximum atomic E-state index is 12.9. The molecule has 0 fully saturated rings. The van der Waals surface area contributed by atoms with Crippen LogP contribution < -0.4 is 5.32 Å². The SMILES string of the molecule is Cc1cccc(-c2nc(/C=C/C(C)(C)O)nc(Nc3ccnc(C(F)(F)F)c3)n2)n1. The van der Waals surface area contributed by atoms with Crippen LogP contribution in [0.5, 0.6) is 0 Å². The minimum atomic E-state index is -4.58. The number of alkyl halides is 3. The van der Waals surface area contributed by atoms with Crippen LogP contribution in [0.4, 0.5) is 24.8 Å². The Morgan fingerprint density at radius 1 is 1.03 bits per heavy atom. The van der Waals surface area contributed by atoms with Crippen molar-refractivity contribution >= 4 is 17.7 Å². The molecule has 0 aromatic carbocycles. The van der Waals surface area contributed by atoms with Gasteiger partial charge in [0.2, 0.25) is 5.95 Å². The zero-order valence-electron chi connectivity index (χ0n) is 16.4. The van der Waals surface area contributed by atoms with E-state index >= 15 is 0 Å². The summed E-state index contributed by atoms with van der Waals surface area (Å²) in [5.74, 6) is 0.466. The van der Waals surface area contributed by atoms with Gasteiger partial charge in [0.1, 0.15) is 11.4 Å². The second kappa shape index (κ2) is 8.15. The molecule has 2 N–H and O–H groups in total. The molecule has 0 atom stereocenters. The van der Waals surface area contributed by atoms with Gasteiger partial charge in [0, 0.05) is 17.6 Å². The molecule has 0 spiro atoms. The third-order valence-corrected chi connectivity index (χ3v) is 3.72. The van der Waals surface area contributed by atoms with Crippen LogP contribution in [0.25, 0.3) is 17.6 Å². The van der Waals surface area contributed by atoms with E-state index in [0.29, 0.717) is 5.69 Å². The highest BCUT2D eigenvalue weighted by Gasteiger charge is 2.32. The number of aliphatic hydroxyl groups is 1. The lowest BCUT2D eigenvalue weighted by molar-refractivity contribution is -0.141. The van der Waals surface area contributed by atoms with Crippen LogP contribution >= 0.6 is 0 Å². The van der Waals surface area contributed by atoms with Crippen molar-refractivity contribution in [2.24, 2.45) is 0 Å². The molecule has 3 heterocycles. The van der Waals surface area contributed by atoms with E-state index in [2.05, 4.69) is 30.2 Å². The van der Waals surface area contributed by atoms with Gasteiger partial charge in [-0.25, -0.2) is 9.97 Å². The first-order valence-electron chi connectivity index (χ1n) is 8.92. The summed E-state index contributed by atoms with van der Waals surface area (Å²) in [6.45, 7) is 4.99. The Bertz CT molecular complexity index is 1080. The fraction of sp³-hybridized carbons (Fsp3) is 0.250. The van der Waals surface area contributed by atoms with E-state index in [-0.39, 0.29) is 23.3 Å². The fourth-order valence-electron chi connectivity index (χ4n) is 2.38. The summed E-state index contributed by atoms with van der Waals surface area (Å²) in [4.78, 5) is 20.5. The molecule has 30 heavy (non-hydrogen) atoms. The van der Waals surface area contributed by atoms with E-state index in [9.17, 15) is 18.3 Å². The molecule has 3 aromatic rings. The molecule has 156 valence electrons. The number of rotatable bonds is 5. The van der Waals surface area contributed by atoms with Gasteiger partial charge in [0.25, 0.3) is 0 Å². The first-order chi connectivity index (χ1) is 14.0. The number of nitrogens with zero attached hydrogens (tertiary/aromatic N) is 5. The zero-order valence-corrected chi connectivity index (χ0v) is 16.4. The summed E-state index contributed by atoms with van der Waals surface area (Å²) in [5, 5.41) is 12.7. The number of anilines is 2. The molecule has 3 rings (SSSR count). The van der Waals surface area contributed by atoms with Crippen molar-refractivity contribution < 1.29 is 18.3 Å². The minimum absolute atomic E-state index is 0.0260. The van der Waals surface area contributed by atoms with Crippen LogP contribution in [0.15, 0.2) is 42.6 Å². The smallest absolute Gasteiger partial charge is 0.386 e. The molecule has 7 nitrogen and oxygen atoms in total. The van der Waals surface area contributed by atoms with E-state index in [1.54, 1.807) is 26.0 Å². The quantitative estimate of drug-likeness (QED) is 0.644. The van der Waals surface area contributed by atoms with Crippen LogP contribution in [-0.4, -0.2) is 35.6 Å². The Hall–Kier alpha value is -3.40. The van der Waals surface area contributed by atoms with Crippen LogP contribution in [0.3, 0.4) is 0 Å². The number of nitrogens with one attached hydrogen (secondary N) is 1. The van der Waals surface area contributed by atoms with Crippen LogP contribution in [-0.2, 0) is 6.18 Å². The number of pyridine rings is 2. The lowest BCUT2D eigenvalue weighted by Gasteiger charge is -2.11. The molecular weight excluding hydrogens is 397 g/mol. The van der Waals surface area contributed by atoms with Gasteiger partial charge in [-0.15, -0.1) is 0 Å². The number of aryl methyl sites for hydroxylation is 1. The molecule has 0 aliphatic carbocycles. The molecule has 0 aliphatic heterocycles. The van der Waals surface area contributed by atoms with Crippen molar-refractivity contribution in [2.45, 2.75) is 32.5 Å². The summed E-state index contributed by atoms with van der Waals surface area (Å²) in [7, 11) is 0. The van der Waals surface area contributed by atoms with Crippen LogP contribution in [0.1, 0.15) is 31.1 Å². The molecular formula is C20H19F3N6O. The fourth-order valence-corrected chi connectivity index (χ4v) is 2.38. The Morgan fingerprint density at radius 3 is 2.47 bits per heavy atom. The summed E-state index contributed by atoms with van der Waals surface area (Å²) < 4.78 is 38.8. The second-order valence-electron chi connectivity index (χ2n) is 7.04. The third-order valence-electron chi connectivity index (χ3n) is 3.72. The van der Waals surface area contributed by atoms with E-state index < -0.39 is 17.5 Å². The molecule has 10 heteroatoms. The standard InChI is InChI=1S/C20H19F3N6O/c1-12-5-4-6-14(25-12)17-27-16(7-9-19(2,3)30)28-18(29-17)26-13-8-10-24-15(11-13)20(21,22)23/h4-11,30H,1-3H3,(H,24,26,27,28,29)/b9-7+. The lowest BCUT2D eigenvalue weighted by Crippen LogP contribution is -2.14. The maximum Gasteiger partial charge on any atom is 0.433 e. The maximum absolute atomic E-state index is 12.9. The molecule has 0 aliphatic rings. The topological polar surface area (TPSA) is 96.7 Å². The van der Waals surface area contributed by atoms with Gasteiger partial charge in [0.05, 0.1) is 5.60 Å². The van der Waals surface area contributed by atoms with E-state index in [1.807, 2.05) is 13.0 Å². The molecule has 0 saturated carbocycles. The van der Waals surface area contributed by atoms with Crippen molar-refractivity contribution in [3.05, 3.63) is 59.8 Å². The highest BCUT2D eigenvalue weighted by Crippen LogP contribution is 2.29. The molecule has 0 bridgehead atoms. The van der Waals surface area contributed by atoms with Crippen molar-refractivity contribution in [3.63, 3.8) is 0 Å². The highest BCUT2D eigenvalue weighted by molar-refractivity contribution is 5.59. The Balaban J connectivity index is 2.03. The number of hydrogen-bond donors (Lipinski definition) is 2. The zero-order chi connectivity index (χ0) is 21.9. The average molecular weight is 416 g/mol. The predicted octanol–water partition coefficient (Wildman–Crippen LogP) is 4.18. The van der Waals surface area contributed by atoms with E-state index in [0.717, 1.165) is 18.0 Å². The van der Waals surface area contributed by atoms with Gasteiger partial charge in [-0.1, -0.05) is 6.07 Å². The van der Waals surface area contributed by atoms with Gasteiger partial charge >= 0.3 is 6.18 Å². The van der Waals surface area contributed by atoms with Gasteiger partial charge in [-0.2, -0.15) is 23.1 Å². The van der Waals surface area contributed by atoms with Crippen LogP contribution in [0.2, 0.25) is 0 Å². The summed E-state index contributed by atoms with van der Waals surface area (Å²) in [6, 6.07) is 7.55. The Morgan fingerprint density at radius 2 is 1.80 bits per heavy atom. The number of hydrogen-bond acceptors (Lipinski definition) is 7. The molecule has 0 radical (unpaired) electrons. The van der Waals surface area contributed by atoms with Gasteiger partial charge < -0.3 is 10.4 Å². The number of aromatic nitrogens is 5. The van der Waals surface area contributed by atoms with Crippen molar-refractivity contribution in [2.75, 3.05) is 5.32 Å². The first-order valence-corrected chi connectivity index (χ1v) is 8.92. The predicted molar refractivity (Wildman–Crippen MR) is 106 cm³/mol.